The highest BCUT2D eigenvalue weighted by atomic mass is 19.1. The lowest BCUT2D eigenvalue weighted by Gasteiger charge is -2.37. The van der Waals surface area contributed by atoms with E-state index in [2.05, 4.69) is 44.0 Å². The lowest BCUT2D eigenvalue weighted by atomic mass is 10.2. The number of aromatic nitrogens is 2. The minimum Gasteiger partial charge on any atom is -0.368 e. The van der Waals surface area contributed by atoms with Crippen molar-refractivity contribution in [2.45, 2.75) is 0 Å². The highest BCUT2D eigenvalue weighted by molar-refractivity contribution is 5.89. The van der Waals surface area contributed by atoms with Crippen molar-refractivity contribution >= 4 is 22.4 Å². The van der Waals surface area contributed by atoms with Gasteiger partial charge in [-0.1, -0.05) is 24.3 Å². The van der Waals surface area contributed by atoms with Crippen molar-refractivity contribution in [1.82, 2.24) is 9.97 Å². The SMILES string of the molecule is Fc1cccc2c(N3CCN(c4ccccc4)CC3)ncnc12. The molecule has 0 bridgehead atoms. The first-order valence-electron chi connectivity index (χ1n) is 7.77. The van der Waals surface area contributed by atoms with E-state index in [1.807, 2.05) is 12.1 Å². The van der Waals surface area contributed by atoms with Crippen molar-refractivity contribution in [3.05, 3.63) is 60.7 Å². The van der Waals surface area contributed by atoms with Crippen LogP contribution in [0.25, 0.3) is 10.9 Å². The monoisotopic (exact) mass is 308 g/mol. The largest absolute Gasteiger partial charge is 0.368 e. The summed E-state index contributed by atoms with van der Waals surface area (Å²) in [5, 5.41) is 0.778. The summed E-state index contributed by atoms with van der Waals surface area (Å²) in [7, 11) is 0. The Morgan fingerprint density at radius 3 is 2.30 bits per heavy atom. The van der Waals surface area contributed by atoms with E-state index in [1.54, 1.807) is 6.07 Å². The highest BCUT2D eigenvalue weighted by Gasteiger charge is 2.20. The molecule has 0 N–H and O–H groups in total. The first kappa shape index (κ1) is 13.9. The number of hydrogen-bond acceptors (Lipinski definition) is 4. The maximum atomic E-state index is 13.9. The Bertz CT molecular complexity index is 814. The van der Waals surface area contributed by atoms with Gasteiger partial charge in [0.1, 0.15) is 23.5 Å². The van der Waals surface area contributed by atoms with E-state index in [0.717, 1.165) is 37.4 Å². The molecule has 4 rings (SSSR count). The van der Waals surface area contributed by atoms with Crippen molar-refractivity contribution in [3.8, 4) is 0 Å². The lowest BCUT2D eigenvalue weighted by molar-refractivity contribution is 0.634. The summed E-state index contributed by atoms with van der Waals surface area (Å²) in [6, 6.07) is 15.4. The highest BCUT2D eigenvalue weighted by Crippen LogP contribution is 2.26. The topological polar surface area (TPSA) is 32.3 Å². The van der Waals surface area contributed by atoms with Crippen molar-refractivity contribution in [2.24, 2.45) is 0 Å². The summed E-state index contributed by atoms with van der Waals surface area (Å²) in [5.74, 6) is 0.524. The van der Waals surface area contributed by atoms with Crippen LogP contribution in [0.15, 0.2) is 54.9 Å². The standard InChI is InChI=1S/C18H17FN4/c19-16-8-4-7-15-17(16)20-13-21-18(15)23-11-9-22(10-12-23)14-5-2-1-3-6-14/h1-8,13H,9-12H2. The number of nitrogens with zero attached hydrogens (tertiary/aromatic N) is 4. The summed E-state index contributed by atoms with van der Waals surface area (Å²) in [6.07, 6.45) is 1.45. The molecule has 0 amide bonds. The third kappa shape index (κ3) is 2.59. The fraction of sp³-hybridized carbons (Fsp3) is 0.222. The molecule has 2 heterocycles. The van der Waals surface area contributed by atoms with Crippen molar-refractivity contribution in [1.29, 1.82) is 0 Å². The first-order chi connectivity index (χ1) is 11.3. The maximum Gasteiger partial charge on any atom is 0.149 e. The van der Waals surface area contributed by atoms with Crippen LogP contribution < -0.4 is 9.80 Å². The summed E-state index contributed by atoms with van der Waals surface area (Å²) >= 11 is 0. The van der Waals surface area contributed by atoms with Crippen LogP contribution in [0.4, 0.5) is 15.9 Å². The van der Waals surface area contributed by atoms with Crippen molar-refractivity contribution in [3.63, 3.8) is 0 Å². The molecular formula is C18H17FN4. The number of para-hydroxylation sites is 2. The van der Waals surface area contributed by atoms with E-state index >= 15 is 0 Å². The van der Waals surface area contributed by atoms with Gasteiger partial charge in [-0.2, -0.15) is 0 Å². The van der Waals surface area contributed by atoms with Gasteiger partial charge < -0.3 is 9.80 Å². The predicted molar refractivity (Wildman–Crippen MR) is 90.4 cm³/mol. The number of benzene rings is 2. The van der Waals surface area contributed by atoms with Gasteiger partial charge in [0.05, 0.1) is 0 Å². The van der Waals surface area contributed by atoms with Gasteiger partial charge >= 0.3 is 0 Å². The van der Waals surface area contributed by atoms with Crippen LogP contribution in [-0.2, 0) is 0 Å². The smallest absolute Gasteiger partial charge is 0.149 e. The van der Waals surface area contributed by atoms with Gasteiger partial charge in [0, 0.05) is 37.3 Å². The molecule has 4 nitrogen and oxygen atoms in total. The summed E-state index contributed by atoms with van der Waals surface area (Å²) < 4.78 is 13.9. The van der Waals surface area contributed by atoms with Gasteiger partial charge in [-0.25, -0.2) is 14.4 Å². The molecule has 0 saturated carbocycles. The van der Waals surface area contributed by atoms with E-state index in [1.165, 1.54) is 18.1 Å². The summed E-state index contributed by atoms with van der Waals surface area (Å²) in [5.41, 5.74) is 1.63. The zero-order chi connectivity index (χ0) is 15.6. The Morgan fingerprint density at radius 2 is 1.52 bits per heavy atom. The Kier molecular flexibility index (Phi) is 3.54. The molecule has 2 aromatic carbocycles. The van der Waals surface area contributed by atoms with E-state index in [0.29, 0.717) is 5.52 Å². The fourth-order valence-electron chi connectivity index (χ4n) is 3.11. The molecule has 1 fully saturated rings. The quantitative estimate of drug-likeness (QED) is 0.728. The number of halogens is 1. The van der Waals surface area contributed by atoms with E-state index < -0.39 is 0 Å². The Balaban J connectivity index is 1.58. The number of hydrogen-bond donors (Lipinski definition) is 0. The average molecular weight is 308 g/mol. The molecule has 0 unspecified atom stereocenters. The molecule has 1 aromatic heterocycles. The van der Waals surface area contributed by atoms with E-state index in [9.17, 15) is 4.39 Å². The van der Waals surface area contributed by atoms with Crippen LogP contribution in [0.5, 0.6) is 0 Å². The predicted octanol–water partition coefficient (Wildman–Crippen LogP) is 3.10. The second-order valence-corrected chi connectivity index (χ2v) is 5.64. The first-order valence-corrected chi connectivity index (χ1v) is 7.77. The molecule has 0 atom stereocenters. The minimum atomic E-state index is -0.297. The number of piperazine rings is 1. The zero-order valence-corrected chi connectivity index (χ0v) is 12.7. The van der Waals surface area contributed by atoms with E-state index in [-0.39, 0.29) is 5.82 Å². The molecule has 1 aliphatic rings. The number of rotatable bonds is 2. The van der Waals surface area contributed by atoms with Gasteiger partial charge in [-0.3, -0.25) is 0 Å². The second kappa shape index (κ2) is 5.83. The lowest BCUT2D eigenvalue weighted by Crippen LogP contribution is -2.46. The van der Waals surface area contributed by atoms with Gasteiger partial charge in [-0.05, 0) is 24.3 Å². The Labute approximate surface area is 134 Å². The minimum absolute atomic E-state index is 0.297. The van der Waals surface area contributed by atoms with Crippen LogP contribution in [0.2, 0.25) is 0 Å². The third-order valence-electron chi connectivity index (χ3n) is 4.30. The average Bonchev–Trinajstić information content (AvgIpc) is 2.63. The molecular weight excluding hydrogens is 291 g/mol. The van der Waals surface area contributed by atoms with Gasteiger partial charge in [0.25, 0.3) is 0 Å². The second-order valence-electron chi connectivity index (χ2n) is 5.64. The molecule has 3 aromatic rings. The molecule has 1 saturated heterocycles. The summed E-state index contributed by atoms with van der Waals surface area (Å²) in [4.78, 5) is 13.0. The van der Waals surface area contributed by atoms with Gasteiger partial charge in [0.15, 0.2) is 0 Å². The normalized spacial score (nSPS) is 15.2. The molecule has 0 aliphatic carbocycles. The molecule has 5 heteroatoms. The fourth-order valence-corrected chi connectivity index (χ4v) is 3.11. The molecule has 23 heavy (non-hydrogen) atoms. The number of anilines is 2. The van der Waals surface area contributed by atoms with Crippen molar-refractivity contribution in [2.75, 3.05) is 36.0 Å². The maximum absolute atomic E-state index is 13.9. The third-order valence-corrected chi connectivity index (χ3v) is 4.30. The molecule has 0 radical (unpaired) electrons. The van der Waals surface area contributed by atoms with Crippen LogP contribution in [-0.4, -0.2) is 36.1 Å². The molecule has 1 aliphatic heterocycles. The zero-order valence-electron chi connectivity index (χ0n) is 12.7. The van der Waals surface area contributed by atoms with Gasteiger partial charge in [-0.15, -0.1) is 0 Å². The van der Waals surface area contributed by atoms with Crippen LogP contribution in [0.1, 0.15) is 0 Å². The summed E-state index contributed by atoms with van der Waals surface area (Å²) in [6.45, 7) is 3.56. The van der Waals surface area contributed by atoms with Crippen molar-refractivity contribution < 1.29 is 4.39 Å². The van der Waals surface area contributed by atoms with Crippen LogP contribution >= 0.6 is 0 Å². The molecule has 0 spiro atoms. The van der Waals surface area contributed by atoms with E-state index in [4.69, 9.17) is 0 Å². The number of fused-ring (bicyclic) bond motifs is 1. The Hall–Kier alpha value is -2.69. The van der Waals surface area contributed by atoms with Crippen LogP contribution in [0.3, 0.4) is 0 Å². The Morgan fingerprint density at radius 1 is 0.783 bits per heavy atom. The molecule has 116 valence electrons. The van der Waals surface area contributed by atoms with Crippen LogP contribution in [0, 0.1) is 5.82 Å². The van der Waals surface area contributed by atoms with Gasteiger partial charge in [0.2, 0.25) is 0 Å².